The Morgan fingerprint density at radius 3 is 2.30 bits per heavy atom. The molecule has 0 unspecified atom stereocenters. The van der Waals surface area contributed by atoms with Gasteiger partial charge in [-0.15, -0.1) is 0 Å². The van der Waals surface area contributed by atoms with E-state index < -0.39 is 23.6 Å². The highest BCUT2D eigenvalue weighted by Crippen LogP contribution is 2.37. The molecule has 204 valence electrons. The van der Waals surface area contributed by atoms with Gasteiger partial charge in [-0.25, -0.2) is 15.0 Å². The van der Waals surface area contributed by atoms with Gasteiger partial charge < -0.3 is 10.1 Å². The maximum Gasteiger partial charge on any atom is 0.433 e. The number of rotatable bonds is 7. The fraction of sp³-hybridized carbons (Fsp3) is 0.148. The van der Waals surface area contributed by atoms with Crippen molar-refractivity contribution in [2.24, 2.45) is 0 Å². The van der Waals surface area contributed by atoms with Crippen LogP contribution in [0.4, 0.5) is 37.8 Å². The second-order valence-corrected chi connectivity index (χ2v) is 8.53. The quantitative estimate of drug-likeness (QED) is 0.217. The van der Waals surface area contributed by atoms with Crippen molar-refractivity contribution in [2.75, 3.05) is 5.32 Å². The summed E-state index contributed by atoms with van der Waals surface area (Å²) in [5.41, 5.74) is -0.783. The van der Waals surface area contributed by atoms with Gasteiger partial charge in [0.05, 0.1) is 35.3 Å². The molecule has 4 heterocycles. The molecule has 0 amide bonds. The predicted octanol–water partition coefficient (Wildman–Crippen LogP) is 6.98. The topological polar surface area (TPSA) is 85.7 Å². The van der Waals surface area contributed by atoms with Gasteiger partial charge in [0, 0.05) is 29.5 Å². The number of nitrogens with zero attached hydrogens (tertiary/aromatic N) is 5. The number of hydrogen-bond acceptors (Lipinski definition) is 7. The Bertz CT molecular complexity index is 1630. The van der Waals surface area contributed by atoms with E-state index >= 15 is 0 Å². The summed E-state index contributed by atoms with van der Waals surface area (Å²) >= 11 is 0. The van der Waals surface area contributed by atoms with E-state index in [2.05, 4.69) is 30.2 Å². The Morgan fingerprint density at radius 2 is 1.60 bits per heavy atom. The van der Waals surface area contributed by atoms with E-state index in [0.717, 1.165) is 23.9 Å². The van der Waals surface area contributed by atoms with Gasteiger partial charge >= 0.3 is 12.4 Å². The SMILES string of the molecule is FC(F)(F)c1ccc(Nc2nc(COCc3cccnc3)nc3cc(-c4ncccc4C(F)(F)F)ccc23)cn1. The van der Waals surface area contributed by atoms with Crippen LogP contribution in [-0.2, 0) is 30.3 Å². The summed E-state index contributed by atoms with van der Waals surface area (Å²) in [6.45, 7) is 0.135. The molecule has 40 heavy (non-hydrogen) atoms. The van der Waals surface area contributed by atoms with Crippen LogP contribution in [0.25, 0.3) is 22.2 Å². The number of pyridine rings is 3. The first-order valence-electron chi connectivity index (χ1n) is 11.7. The van der Waals surface area contributed by atoms with Crippen LogP contribution in [0.3, 0.4) is 0 Å². The van der Waals surface area contributed by atoms with E-state index in [4.69, 9.17) is 4.74 Å². The van der Waals surface area contributed by atoms with E-state index in [1.54, 1.807) is 18.5 Å². The van der Waals surface area contributed by atoms with Gasteiger partial charge in [0.2, 0.25) is 0 Å². The molecule has 0 radical (unpaired) electrons. The van der Waals surface area contributed by atoms with Gasteiger partial charge in [-0.3, -0.25) is 9.97 Å². The average Bonchev–Trinajstić information content (AvgIpc) is 2.93. The van der Waals surface area contributed by atoms with Crippen LogP contribution >= 0.6 is 0 Å². The minimum atomic E-state index is -4.63. The summed E-state index contributed by atoms with van der Waals surface area (Å²) < 4.78 is 85.4. The fourth-order valence-corrected chi connectivity index (χ4v) is 3.86. The van der Waals surface area contributed by atoms with Crippen LogP contribution < -0.4 is 5.32 Å². The number of aromatic nitrogens is 5. The molecular formula is C27H18F6N6O. The van der Waals surface area contributed by atoms with Crippen LogP contribution in [0.1, 0.15) is 22.6 Å². The monoisotopic (exact) mass is 556 g/mol. The van der Waals surface area contributed by atoms with Crippen molar-refractivity contribution in [1.29, 1.82) is 0 Å². The molecule has 1 N–H and O–H groups in total. The van der Waals surface area contributed by atoms with E-state index in [1.807, 2.05) is 6.07 Å². The first kappa shape index (κ1) is 26.9. The highest BCUT2D eigenvalue weighted by molar-refractivity contribution is 5.93. The van der Waals surface area contributed by atoms with Crippen molar-refractivity contribution in [1.82, 2.24) is 24.9 Å². The lowest BCUT2D eigenvalue weighted by Gasteiger charge is -2.14. The number of nitrogens with one attached hydrogen (secondary N) is 1. The number of anilines is 2. The van der Waals surface area contributed by atoms with Gasteiger partial charge in [0.25, 0.3) is 0 Å². The number of benzene rings is 1. The van der Waals surface area contributed by atoms with Gasteiger partial charge in [-0.05, 0) is 48.0 Å². The van der Waals surface area contributed by atoms with Gasteiger partial charge in [-0.1, -0.05) is 12.1 Å². The molecule has 13 heteroatoms. The van der Waals surface area contributed by atoms with Crippen molar-refractivity contribution in [3.8, 4) is 11.3 Å². The summed E-state index contributed by atoms with van der Waals surface area (Å²) in [4.78, 5) is 20.3. The largest absolute Gasteiger partial charge is 0.433 e. The Kier molecular flexibility index (Phi) is 7.30. The lowest BCUT2D eigenvalue weighted by molar-refractivity contribution is -0.141. The first-order valence-corrected chi connectivity index (χ1v) is 11.7. The normalized spacial score (nSPS) is 12.1. The number of hydrogen-bond donors (Lipinski definition) is 1. The van der Waals surface area contributed by atoms with Crippen molar-refractivity contribution in [3.05, 3.63) is 102 Å². The molecule has 5 rings (SSSR count). The second-order valence-electron chi connectivity index (χ2n) is 8.53. The Morgan fingerprint density at radius 1 is 0.775 bits per heavy atom. The smallest absolute Gasteiger partial charge is 0.369 e. The van der Waals surface area contributed by atoms with E-state index in [-0.39, 0.29) is 47.3 Å². The zero-order chi connectivity index (χ0) is 28.3. The van der Waals surface area contributed by atoms with E-state index in [1.165, 1.54) is 36.5 Å². The molecule has 0 saturated heterocycles. The lowest BCUT2D eigenvalue weighted by atomic mass is 10.0. The Labute approximate surface area is 222 Å². The molecule has 0 fully saturated rings. The summed E-state index contributed by atoms with van der Waals surface area (Å²) in [6, 6.07) is 12.1. The lowest BCUT2D eigenvalue weighted by Crippen LogP contribution is -2.09. The molecule has 0 saturated carbocycles. The van der Waals surface area contributed by atoms with E-state index in [9.17, 15) is 26.3 Å². The predicted molar refractivity (Wildman–Crippen MR) is 133 cm³/mol. The molecule has 0 bridgehead atoms. The third kappa shape index (κ3) is 6.15. The number of alkyl halides is 6. The molecule has 0 aliphatic heterocycles. The van der Waals surface area contributed by atoms with Gasteiger partial charge in [0.1, 0.15) is 18.1 Å². The molecule has 0 spiro atoms. The van der Waals surface area contributed by atoms with Crippen molar-refractivity contribution >= 4 is 22.4 Å². The third-order valence-electron chi connectivity index (χ3n) is 5.67. The molecule has 5 aromatic rings. The summed E-state index contributed by atoms with van der Waals surface area (Å²) in [5, 5.41) is 3.33. The number of ether oxygens (including phenoxy) is 1. The highest BCUT2D eigenvalue weighted by atomic mass is 19.4. The minimum absolute atomic E-state index is 0.0631. The van der Waals surface area contributed by atoms with Crippen molar-refractivity contribution in [2.45, 2.75) is 25.6 Å². The van der Waals surface area contributed by atoms with E-state index in [0.29, 0.717) is 5.39 Å². The number of fused-ring (bicyclic) bond motifs is 1. The maximum absolute atomic E-state index is 13.6. The van der Waals surface area contributed by atoms with Crippen LogP contribution in [0.15, 0.2) is 79.4 Å². The van der Waals surface area contributed by atoms with Crippen LogP contribution in [0, 0.1) is 0 Å². The molecule has 0 atom stereocenters. The van der Waals surface area contributed by atoms with Crippen molar-refractivity contribution < 1.29 is 31.1 Å². The molecule has 0 aliphatic carbocycles. The summed E-state index contributed by atoms with van der Waals surface area (Å²) in [6.07, 6.45) is -3.71. The van der Waals surface area contributed by atoms with Gasteiger partial charge in [0.15, 0.2) is 5.82 Å². The molecule has 1 aromatic carbocycles. The molecular weight excluding hydrogens is 538 g/mol. The maximum atomic E-state index is 13.6. The fourth-order valence-electron chi connectivity index (χ4n) is 3.86. The average molecular weight is 556 g/mol. The second kappa shape index (κ2) is 10.8. The summed E-state index contributed by atoms with van der Waals surface area (Å²) in [7, 11) is 0. The van der Waals surface area contributed by atoms with Crippen molar-refractivity contribution in [3.63, 3.8) is 0 Å². The zero-order valence-electron chi connectivity index (χ0n) is 20.3. The van der Waals surface area contributed by atoms with Gasteiger partial charge in [-0.2, -0.15) is 26.3 Å². The first-order chi connectivity index (χ1) is 19.1. The van der Waals surface area contributed by atoms with Crippen LogP contribution in [-0.4, -0.2) is 24.9 Å². The van der Waals surface area contributed by atoms with Crippen LogP contribution in [0.2, 0.25) is 0 Å². The standard InChI is InChI=1S/C27H18F6N6O/c28-26(29,30)20-4-2-10-35-24(20)17-5-7-19-21(11-17)38-23(15-40-14-16-3-1-9-34-12-16)39-25(19)37-18-6-8-22(36-13-18)27(31,32)33/h1-13H,14-15H2,(H,37,38,39). The Balaban J connectivity index is 1.52. The third-order valence-corrected chi connectivity index (χ3v) is 5.67. The Hall–Kier alpha value is -4.65. The summed E-state index contributed by atoms with van der Waals surface area (Å²) in [5.74, 6) is 0.392. The zero-order valence-corrected chi connectivity index (χ0v) is 20.3. The molecule has 4 aromatic heterocycles. The molecule has 7 nitrogen and oxygen atoms in total. The number of halogens is 6. The highest BCUT2D eigenvalue weighted by Gasteiger charge is 2.34. The minimum Gasteiger partial charge on any atom is -0.369 e. The van der Waals surface area contributed by atoms with Crippen LogP contribution in [0.5, 0.6) is 0 Å². The molecule has 0 aliphatic rings.